The van der Waals surface area contributed by atoms with Gasteiger partial charge in [0.05, 0.1) is 18.1 Å². The van der Waals surface area contributed by atoms with Crippen molar-refractivity contribution in [3.63, 3.8) is 0 Å². The summed E-state index contributed by atoms with van der Waals surface area (Å²) in [6, 6.07) is 7.67. The maximum atomic E-state index is 12.0. The van der Waals surface area contributed by atoms with Gasteiger partial charge in [-0.15, -0.1) is 0 Å². The average Bonchev–Trinajstić information content (AvgIpc) is 2.28. The molecular weight excluding hydrogens is 268 g/mol. The molecule has 0 heterocycles. The number of amides is 1. The highest BCUT2D eigenvalue weighted by molar-refractivity contribution is 9.10. The number of hydrogen-bond acceptors (Lipinski definition) is 2. The van der Waals surface area contributed by atoms with Crippen LogP contribution >= 0.6 is 15.9 Å². The third-order valence-electron chi connectivity index (χ3n) is 2.26. The molecule has 1 aromatic carbocycles. The lowest BCUT2D eigenvalue weighted by atomic mass is 10.1. The van der Waals surface area contributed by atoms with Crippen molar-refractivity contribution in [3.8, 4) is 6.07 Å². The molecule has 4 heteroatoms. The summed E-state index contributed by atoms with van der Waals surface area (Å²) in [5.74, 6) is -0.0641. The highest BCUT2D eigenvalue weighted by Gasteiger charge is 2.14. The third-order valence-corrected chi connectivity index (χ3v) is 2.95. The predicted octanol–water partition coefficient (Wildman–Crippen LogP) is 2.74. The van der Waals surface area contributed by atoms with Crippen LogP contribution in [-0.4, -0.2) is 24.4 Å². The van der Waals surface area contributed by atoms with Crippen LogP contribution in [0.15, 0.2) is 22.7 Å². The summed E-state index contributed by atoms with van der Waals surface area (Å²) < 4.78 is 0.784. The van der Waals surface area contributed by atoms with Crippen molar-refractivity contribution in [2.24, 2.45) is 0 Å². The zero-order valence-electron chi connectivity index (χ0n) is 9.33. The van der Waals surface area contributed by atoms with Gasteiger partial charge in [0.15, 0.2) is 0 Å². The Balaban J connectivity index is 2.88. The smallest absolute Gasteiger partial charge is 0.254 e. The zero-order valence-corrected chi connectivity index (χ0v) is 10.9. The number of carbonyl (C=O) groups is 1. The molecule has 0 fully saturated rings. The first-order valence-electron chi connectivity index (χ1n) is 4.95. The predicted molar refractivity (Wildman–Crippen MR) is 66.1 cm³/mol. The SMILES string of the molecule is Cc1ccc(Br)c(C(=O)N(C)CCC#N)c1. The average molecular weight is 281 g/mol. The summed E-state index contributed by atoms with van der Waals surface area (Å²) in [4.78, 5) is 13.6. The molecule has 0 aliphatic rings. The Bertz CT molecular complexity index is 437. The minimum Gasteiger partial charge on any atom is -0.341 e. The number of nitrogens with zero attached hydrogens (tertiary/aromatic N) is 2. The molecule has 1 aromatic rings. The molecule has 1 rings (SSSR count). The van der Waals surface area contributed by atoms with Gasteiger partial charge < -0.3 is 4.90 Å². The van der Waals surface area contributed by atoms with Crippen molar-refractivity contribution in [2.75, 3.05) is 13.6 Å². The van der Waals surface area contributed by atoms with Crippen molar-refractivity contribution in [1.29, 1.82) is 5.26 Å². The van der Waals surface area contributed by atoms with Gasteiger partial charge in [0.25, 0.3) is 5.91 Å². The maximum Gasteiger partial charge on any atom is 0.254 e. The summed E-state index contributed by atoms with van der Waals surface area (Å²) in [5.41, 5.74) is 1.68. The maximum absolute atomic E-state index is 12.0. The summed E-state index contributed by atoms with van der Waals surface area (Å²) in [6.45, 7) is 2.40. The van der Waals surface area contributed by atoms with Crippen molar-refractivity contribution in [2.45, 2.75) is 13.3 Å². The first-order chi connectivity index (χ1) is 7.56. The second kappa shape index (κ2) is 5.66. The highest BCUT2D eigenvalue weighted by atomic mass is 79.9. The molecule has 0 bridgehead atoms. The minimum absolute atomic E-state index is 0.0641. The van der Waals surface area contributed by atoms with E-state index < -0.39 is 0 Å². The van der Waals surface area contributed by atoms with Gasteiger partial charge in [0.1, 0.15) is 0 Å². The van der Waals surface area contributed by atoms with Crippen molar-refractivity contribution in [1.82, 2.24) is 4.90 Å². The molecule has 0 unspecified atom stereocenters. The Labute approximate surface area is 104 Å². The normalized spacial score (nSPS) is 9.62. The van der Waals surface area contributed by atoms with E-state index in [9.17, 15) is 4.79 Å². The summed E-state index contributed by atoms with van der Waals surface area (Å²) >= 11 is 3.36. The van der Waals surface area contributed by atoms with Crippen LogP contribution in [0.3, 0.4) is 0 Å². The molecule has 84 valence electrons. The van der Waals surface area contributed by atoms with Crippen LogP contribution in [-0.2, 0) is 0 Å². The van der Waals surface area contributed by atoms with E-state index in [0.29, 0.717) is 18.5 Å². The Morgan fingerprint density at radius 1 is 1.56 bits per heavy atom. The summed E-state index contributed by atoms with van der Waals surface area (Å²) in [6.07, 6.45) is 0.353. The van der Waals surface area contributed by atoms with Gasteiger partial charge in [0.2, 0.25) is 0 Å². The van der Waals surface area contributed by atoms with Crippen molar-refractivity contribution >= 4 is 21.8 Å². The van der Waals surface area contributed by atoms with Gasteiger partial charge in [-0.1, -0.05) is 11.6 Å². The lowest BCUT2D eigenvalue weighted by molar-refractivity contribution is 0.0797. The molecule has 16 heavy (non-hydrogen) atoms. The second-order valence-electron chi connectivity index (χ2n) is 3.62. The van der Waals surface area contributed by atoms with Crippen molar-refractivity contribution in [3.05, 3.63) is 33.8 Å². The van der Waals surface area contributed by atoms with Crippen LogP contribution in [0, 0.1) is 18.3 Å². The Morgan fingerprint density at radius 3 is 2.88 bits per heavy atom. The number of rotatable bonds is 3. The van der Waals surface area contributed by atoms with Gasteiger partial charge in [-0.25, -0.2) is 0 Å². The fourth-order valence-corrected chi connectivity index (χ4v) is 1.74. The van der Waals surface area contributed by atoms with Crippen LogP contribution in [0.2, 0.25) is 0 Å². The first kappa shape index (κ1) is 12.7. The van der Waals surface area contributed by atoms with Crippen LogP contribution in [0.4, 0.5) is 0 Å². The second-order valence-corrected chi connectivity index (χ2v) is 4.47. The standard InChI is InChI=1S/C12H13BrN2O/c1-9-4-5-11(13)10(8-9)12(16)15(2)7-3-6-14/h4-5,8H,3,7H2,1-2H3. The summed E-state index contributed by atoms with van der Waals surface area (Å²) in [7, 11) is 1.70. The molecule has 3 nitrogen and oxygen atoms in total. The van der Waals surface area contributed by atoms with E-state index in [2.05, 4.69) is 15.9 Å². The zero-order chi connectivity index (χ0) is 12.1. The fraction of sp³-hybridized carbons (Fsp3) is 0.333. The van der Waals surface area contributed by atoms with Crippen LogP contribution in [0.5, 0.6) is 0 Å². The lowest BCUT2D eigenvalue weighted by Crippen LogP contribution is -2.27. The van der Waals surface area contributed by atoms with E-state index >= 15 is 0 Å². The Hall–Kier alpha value is -1.34. The molecule has 0 aliphatic heterocycles. The number of carbonyl (C=O) groups excluding carboxylic acids is 1. The lowest BCUT2D eigenvalue weighted by Gasteiger charge is -2.16. The summed E-state index contributed by atoms with van der Waals surface area (Å²) in [5, 5.41) is 8.47. The molecule has 0 radical (unpaired) electrons. The fourth-order valence-electron chi connectivity index (χ4n) is 1.33. The number of hydrogen-bond donors (Lipinski definition) is 0. The van der Waals surface area contributed by atoms with Crippen LogP contribution < -0.4 is 0 Å². The van der Waals surface area contributed by atoms with Crippen LogP contribution in [0.1, 0.15) is 22.3 Å². The topological polar surface area (TPSA) is 44.1 Å². The van der Waals surface area contributed by atoms with E-state index in [-0.39, 0.29) is 5.91 Å². The minimum atomic E-state index is -0.0641. The first-order valence-corrected chi connectivity index (χ1v) is 5.74. The largest absolute Gasteiger partial charge is 0.341 e. The molecule has 1 amide bonds. The number of nitriles is 1. The van der Waals surface area contributed by atoms with E-state index in [0.717, 1.165) is 10.0 Å². The molecule has 0 atom stereocenters. The van der Waals surface area contributed by atoms with Crippen molar-refractivity contribution < 1.29 is 4.79 Å². The Morgan fingerprint density at radius 2 is 2.25 bits per heavy atom. The molecule has 0 aromatic heterocycles. The van der Waals surface area contributed by atoms with E-state index in [1.165, 1.54) is 0 Å². The molecule has 0 aliphatic carbocycles. The highest BCUT2D eigenvalue weighted by Crippen LogP contribution is 2.19. The molecule has 0 spiro atoms. The molecule has 0 saturated carbocycles. The third kappa shape index (κ3) is 3.07. The number of halogens is 1. The van der Waals surface area contributed by atoms with Crippen LogP contribution in [0.25, 0.3) is 0 Å². The number of aryl methyl sites for hydroxylation is 1. The van der Waals surface area contributed by atoms with Gasteiger partial charge in [-0.3, -0.25) is 4.79 Å². The Kier molecular flexibility index (Phi) is 4.51. The van der Waals surface area contributed by atoms with Gasteiger partial charge in [0, 0.05) is 18.1 Å². The van der Waals surface area contributed by atoms with E-state index in [1.807, 2.05) is 31.2 Å². The quantitative estimate of drug-likeness (QED) is 0.855. The van der Waals surface area contributed by atoms with Gasteiger partial charge >= 0.3 is 0 Å². The monoisotopic (exact) mass is 280 g/mol. The molecule has 0 N–H and O–H groups in total. The molecular formula is C12H13BrN2O. The molecule has 0 saturated heterocycles. The van der Waals surface area contributed by atoms with E-state index in [1.54, 1.807) is 11.9 Å². The number of benzene rings is 1. The van der Waals surface area contributed by atoms with Gasteiger partial charge in [-0.05, 0) is 35.0 Å². The van der Waals surface area contributed by atoms with Gasteiger partial charge in [-0.2, -0.15) is 5.26 Å². The van der Waals surface area contributed by atoms with E-state index in [4.69, 9.17) is 5.26 Å².